The zero-order valence-corrected chi connectivity index (χ0v) is 12.8. The fourth-order valence-corrected chi connectivity index (χ4v) is 2.22. The molecule has 1 unspecified atom stereocenters. The van der Waals surface area contributed by atoms with E-state index in [0.717, 1.165) is 11.8 Å². The molecule has 0 saturated carbocycles. The standard InChI is InChI=1S/C16H14FN5O2/c1-11(18-15-8-7-13(22(23)24)9-14(15)17)16-10-21(20-19-16)12-5-3-2-4-6-12/h2-11,18H,1H3. The normalized spacial score (nSPS) is 11.9. The predicted octanol–water partition coefficient (Wildman–Crippen LogP) is 3.49. The van der Waals surface area contributed by atoms with Gasteiger partial charge in [0.15, 0.2) is 5.82 Å². The van der Waals surface area contributed by atoms with Crippen LogP contribution in [-0.2, 0) is 0 Å². The molecule has 24 heavy (non-hydrogen) atoms. The van der Waals surface area contributed by atoms with Crippen LogP contribution in [0.15, 0.2) is 54.7 Å². The molecule has 3 rings (SSSR count). The summed E-state index contributed by atoms with van der Waals surface area (Å²) in [6.45, 7) is 1.81. The van der Waals surface area contributed by atoms with Crippen molar-refractivity contribution in [3.63, 3.8) is 0 Å². The molecular weight excluding hydrogens is 313 g/mol. The van der Waals surface area contributed by atoms with Gasteiger partial charge in [0, 0.05) is 6.07 Å². The second kappa shape index (κ2) is 6.45. The Kier molecular flexibility index (Phi) is 4.19. The summed E-state index contributed by atoms with van der Waals surface area (Å²) in [5.74, 6) is -0.688. The second-order valence-electron chi connectivity index (χ2n) is 5.21. The van der Waals surface area contributed by atoms with Crippen LogP contribution in [0.2, 0.25) is 0 Å². The smallest absolute Gasteiger partial charge is 0.272 e. The van der Waals surface area contributed by atoms with Gasteiger partial charge in [0.1, 0.15) is 5.69 Å². The summed E-state index contributed by atoms with van der Waals surface area (Å²) in [6.07, 6.45) is 1.75. The first-order valence-electron chi connectivity index (χ1n) is 7.23. The van der Waals surface area contributed by atoms with Gasteiger partial charge in [-0.2, -0.15) is 0 Å². The van der Waals surface area contributed by atoms with Crippen LogP contribution in [0.25, 0.3) is 5.69 Å². The number of nitrogens with zero attached hydrogens (tertiary/aromatic N) is 4. The zero-order chi connectivity index (χ0) is 17.1. The molecule has 0 saturated heterocycles. The van der Waals surface area contributed by atoms with Crippen LogP contribution < -0.4 is 5.32 Å². The van der Waals surface area contributed by atoms with Crippen LogP contribution in [0.3, 0.4) is 0 Å². The lowest BCUT2D eigenvalue weighted by Gasteiger charge is -2.13. The third-order valence-electron chi connectivity index (χ3n) is 3.51. The minimum Gasteiger partial charge on any atom is -0.374 e. The number of hydrogen-bond acceptors (Lipinski definition) is 5. The van der Waals surface area contributed by atoms with Crippen molar-refractivity contribution in [1.82, 2.24) is 15.0 Å². The average molecular weight is 327 g/mol. The quantitative estimate of drug-likeness (QED) is 0.572. The van der Waals surface area contributed by atoms with E-state index < -0.39 is 10.7 Å². The van der Waals surface area contributed by atoms with Crippen molar-refractivity contribution in [1.29, 1.82) is 0 Å². The molecule has 0 radical (unpaired) electrons. The topological polar surface area (TPSA) is 85.9 Å². The van der Waals surface area contributed by atoms with E-state index in [-0.39, 0.29) is 17.4 Å². The average Bonchev–Trinajstić information content (AvgIpc) is 3.07. The van der Waals surface area contributed by atoms with Crippen LogP contribution in [-0.4, -0.2) is 19.9 Å². The first-order chi connectivity index (χ1) is 11.5. The minimum atomic E-state index is -0.688. The van der Waals surface area contributed by atoms with Gasteiger partial charge in [0.25, 0.3) is 5.69 Å². The summed E-state index contributed by atoms with van der Waals surface area (Å²) in [7, 11) is 0. The van der Waals surface area contributed by atoms with E-state index in [9.17, 15) is 14.5 Å². The highest BCUT2D eigenvalue weighted by molar-refractivity contribution is 5.51. The van der Waals surface area contributed by atoms with E-state index in [1.54, 1.807) is 17.8 Å². The molecule has 0 fully saturated rings. The van der Waals surface area contributed by atoms with Crippen molar-refractivity contribution in [3.8, 4) is 5.69 Å². The highest BCUT2D eigenvalue weighted by Gasteiger charge is 2.15. The first-order valence-corrected chi connectivity index (χ1v) is 7.23. The number of hydrogen-bond donors (Lipinski definition) is 1. The van der Waals surface area contributed by atoms with Gasteiger partial charge in [-0.15, -0.1) is 5.10 Å². The molecule has 1 aromatic heterocycles. The number of nitrogens with one attached hydrogen (secondary N) is 1. The van der Waals surface area contributed by atoms with E-state index in [1.165, 1.54) is 12.1 Å². The van der Waals surface area contributed by atoms with Gasteiger partial charge >= 0.3 is 0 Å². The maximum Gasteiger partial charge on any atom is 0.272 e. The molecule has 1 N–H and O–H groups in total. The number of anilines is 1. The van der Waals surface area contributed by atoms with Gasteiger partial charge in [0.2, 0.25) is 0 Å². The summed E-state index contributed by atoms with van der Waals surface area (Å²) in [6, 6.07) is 12.6. The number of para-hydroxylation sites is 1. The summed E-state index contributed by atoms with van der Waals surface area (Å²) < 4.78 is 15.6. The number of halogens is 1. The van der Waals surface area contributed by atoms with Crippen LogP contribution in [0.1, 0.15) is 18.7 Å². The Labute approximate surface area is 136 Å². The molecule has 2 aromatic carbocycles. The fraction of sp³-hybridized carbons (Fsp3) is 0.125. The molecule has 0 bridgehead atoms. The lowest BCUT2D eigenvalue weighted by atomic mass is 10.2. The summed E-state index contributed by atoms with van der Waals surface area (Å²) in [4.78, 5) is 10.0. The Balaban J connectivity index is 1.77. The Bertz CT molecular complexity index is 866. The van der Waals surface area contributed by atoms with Gasteiger partial charge in [-0.25, -0.2) is 9.07 Å². The van der Waals surface area contributed by atoms with E-state index in [2.05, 4.69) is 15.6 Å². The van der Waals surface area contributed by atoms with Crippen LogP contribution >= 0.6 is 0 Å². The van der Waals surface area contributed by atoms with Crippen molar-refractivity contribution in [3.05, 3.63) is 76.4 Å². The number of nitro groups is 1. The monoisotopic (exact) mass is 327 g/mol. The molecule has 1 heterocycles. The summed E-state index contributed by atoms with van der Waals surface area (Å²) >= 11 is 0. The largest absolute Gasteiger partial charge is 0.374 e. The molecule has 8 heteroatoms. The van der Waals surface area contributed by atoms with E-state index in [1.807, 2.05) is 30.3 Å². The van der Waals surface area contributed by atoms with E-state index >= 15 is 0 Å². The molecule has 7 nitrogen and oxygen atoms in total. The third kappa shape index (κ3) is 3.22. The summed E-state index contributed by atoms with van der Waals surface area (Å²) in [5.41, 5.74) is 1.37. The molecule has 0 aliphatic heterocycles. The Morgan fingerprint density at radius 1 is 1.25 bits per heavy atom. The van der Waals surface area contributed by atoms with Crippen molar-refractivity contribution in [2.75, 3.05) is 5.32 Å². The lowest BCUT2D eigenvalue weighted by Crippen LogP contribution is -2.08. The predicted molar refractivity (Wildman–Crippen MR) is 86.5 cm³/mol. The zero-order valence-electron chi connectivity index (χ0n) is 12.8. The van der Waals surface area contributed by atoms with Crippen molar-refractivity contribution < 1.29 is 9.31 Å². The van der Waals surface area contributed by atoms with Crippen molar-refractivity contribution in [2.45, 2.75) is 13.0 Å². The van der Waals surface area contributed by atoms with Gasteiger partial charge < -0.3 is 5.32 Å². The fourth-order valence-electron chi connectivity index (χ4n) is 2.22. The van der Waals surface area contributed by atoms with Gasteiger partial charge in [-0.05, 0) is 25.1 Å². The van der Waals surface area contributed by atoms with Gasteiger partial charge in [-0.1, -0.05) is 23.4 Å². The number of aromatic nitrogens is 3. The second-order valence-corrected chi connectivity index (χ2v) is 5.21. The van der Waals surface area contributed by atoms with Gasteiger partial charge in [0.05, 0.1) is 34.6 Å². The molecule has 0 amide bonds. The summed E-state index contributed by atoms with van der Waals surface area (Å²) in [5, 5.41) is 21.7. The molecule has 0 spiro atoms. The minimum absolute atomic E-state index is 0.169. The molecule has 3 aromatic rings. The van der Waals surface area contributed by atoms with Crippen molar-refractivity contribution in [2.24, 2.45) is 0 Å². The maximum absolute atomic E-state index is 13.9. The number of rotatable bonds is 5. The highest BCUT2D eigenvalue weighted by atomic mass is 19.1. The molecule has 122 valence electrons. The van der Waals surface area contributed by atoms with Crippen LogP contribution in [0.5, 0.6) is 0 Å². The van der Waals surface area contributed by atoms with Crippen LogP contribution in [0.4, 0.5) is 15.8 Å². The van der Waals surface area contributed by atoms with E-state index in [0.29, 0.717) is 5.69 Å². The molecule has 0 aliphatic rings. The molecular formula is C16H14FN5O2. The van der Waals surface area contributed by atoms with E-state index in [4.69, 9.17) is 0 Å². The Morgan fingerprint density at radius 2 is 2.00 bits per heavy atom. The lowest BCUT2D eigenvalue weighted by molar-refractivity contribution is -0.385. The highest BCUT2D eigenvalue weighted by Crippen LogP contribution is 2.24. The molecule has 1 atom stereocenters. The number of nitro benzene ring substituents is 1. The number of benzene rings is 2. The van der Waals surface area contributed by atoms with Gasteiger partial charge in [-0.3, -0.25) is 10.1 Å². The molecule has 0 aliphatic carbocycles. The maximum atomic E-state index is 13.9. The first kappa shape index (κ1) is 15.6. The Morgan fingerprint density at radius 3 is 2.67 bits per heavy atom. The Hall–Kier alpha value is -3.29. The number of non-ortho nitro benzene ring substituents is 1. The van der Waals surface area contributed by atoms with Crippen LogP contribution in [0, 0.1) is 15.9 Å². The third-order valence-corrected chi connectivity index (χ3v) is 3.51. The SMILES string of the molecule is CC(Nc1ccc([N+](=O)[O-])cc1F)c1cn(-c2ccccc2)nn1. The van der Waals surface area contributed by atoms with Crippen molar-refractivity contribution >= 4 is 11.4 Å².